The van der Waals surface area contributed by atoms with E-state index in [9.17, 15) is 8.78 Å². The van der Waals surface area contributed by atoms with Gasteiger partial charge in [-0.25, -0.2) is 8.78 Å². The van der Waals surface area contributed by atoms with Gasteiger partial charge in [-0.1, -0.05) is 22.4 Å². The summed E-state index contributed by atoms with van der Waals surface area (Å²) in [6.07, 6.45) is 2.90. The lowest BCUT2D eigenvalue weighted by atomic mass is 9.97. The van der Waals surface area contributed by atoms with E-state index in [2.05, 4.69) is 21.2 Å². The number of piperidine rings is 1. The van der Waals surface area contributed by atoms with E-state index in [1.54, 1.807) is 0 Å². The summed E-state index contributed by atoms with van der Waals surface area (Å²) in [6.45, 7) is 0.833. The van der Waals surface area contributed by atoms with Gasteiger partial charge in [0.15, 0.2) is 0 Å². The van der Waals surface area contributed by atoms with Crippen LogP contribution in [0.4, 0.5) is 8.78 Å². The highest BCUT2D eigenvalue weighted by atomic mass is 79.9. The highest BCUT2D eigenvalue weighted by Gasteiger charge is 2.22. The fourth-order valence-electron chi connectivity index (χ4n) is 1.98. The molecule has 0 bridgehead atoms. The molecule has 1 N–H and O–H groups in total. The number of benzene rings is 1. The second-order valence-electron chi connectivity index (χ2n) is 3.79. The van der Waals surface area contributed by atoms with Crippen LogP contribution < -0.4 is 5.32 Å². The number of hydrogen-bond donors (Lipinski definition) is 1. The molecule has 1 aliphatic heterocycles. The molecule has 0 aliphatic carbocycles. The molecule has 1 unspecified atom stereocenters. The summed E-state index contributed by atoms with van der Waals surface area (Å²) in [5.74, 6) is -0.942. The molecule has 0 saturated carbocycles. The molecule has 15 heavy (non-hydrogen) atoms. The van der Waals surface area contributed by atoms with Crippen LogP contribution in [0.2, 0.25) is 0 Å². The second kappa shape index (κ2) is 4.58. The highest BCUT2D eigenvalue weighted by molar-refractivity contribution is 9.10. The van der Waals surface area contributed by atoms with E-state index >= 15 is 0 Å². The molecule has 0 radical (unpaired) electrons. The van der Waals surface area contributed by atoms with E-state index in [1.165, 1.54) is 12.1 Å². The second-order valence-corrected chi connectivity index (χ2v) is 4.70. The minimum absolute atomic E-state index is 0.174. The molecule has 1 nitrogen and oxygen atoms in total. The lowest BCUT2D eigenvalue weighted by molar-refractivity contribution is 0.385. The van der Waals surface area contributed by atoms with E-state index < -0.39 is 11.6 Å². The average molecular weight is 276 g/mol. The summed E-state index contributed by atoms with van der Waals surface area (Å²) in [6, 6.07) is 2.45. The van der Waals surface area contributed by atoms with Crippen LogP contribution in [0.1, 0.15) is 30.9 Å². The van der Waals surface area contributed by atoms with Gasteiger partial charge in [-0.2, -0.15) is 0 Å². The Morgan fingerprint density at radius 1 is 1.20 bits per heavy atom. The van der Waals surface area contributed by atoms with Crippen LogP contribution >= 0.6 is 15.9 Å². The Hall–Kier alpha value is -0.480. The van der Waals surface area contributed by atoms with Gasteiger partial charge in [-0.15, -0.1) is 0 Å². The van der Waals surface area contributed by atoms with Crippen molar-refractivity contribution in [3.8, 4) is 0 Å². The monoisotopic (exact) mass is 275 g/mol. The van der Waals surface area contributed by atoms with Crippen LogP contribution in [0.15, 0.2) is 16.6 Å². The molecule has 1 fully saturated rings. The number of hydrogen-bond acceptors (Lipinski definition) is 1. The molecule has 1 aromatic carbocycles. The summed E-state index contributed by atoms with van der Waals surface area (Å²) in [5.41, 5.74) is 0.179. The predicted octanol–water partition coefficient (Wildman–Crippen LogP) is 3.54. The third-order valence-corrected chi connectivity index (χ3v) is 3.16. The summed E-state index contributed by atoms with van der Waals surface area (Å²) < 4.78 is 27.6. The lowest BCUT2D eigenvalue weighted by Crippen LogP contribution is -2.28. The van der Waals surface area contributed by atoms with Crippen molar-refractivity contribution in [2.75, 3.05) is 6.54 Å². The largest absolute Gasteiger partial charge is 0.310 e. The molecule has 1 atom stereocenters. The summed E-state index contributed by atoms with van der Waals surface area (Å²) in [5, 5.41) is 3.14. The first-order valence-electron chi connectivity index (χ1n) is 5.06. The van der Waals surface area contributed by atoms with Crippen LogP contribution in [0.25, 0.3) is 0 Å². The molecule has 82 valence electrons. The van der Waals surface area contributed by atoms with Crippen molar-refractivity contribution in [1.82, 2.24) is 5.32 Å². The Labute approximate surface area is 96.0 Å². The van der Waals surface area contributed by atoms with Crippen molar-refractivity contribution >= 4 is 15.9 Å². The van der Waals surface area contributed by atoms with Crippen molar-refractivity contribution in [3.63, 3.8) is 0 Å². The molecule has 1 saturated heterocycles. The SMILES string of the molecule is Fc1cc(Br)cc(F)c1C1CCCCN1. The van der Waals surface area contributed by atoms with Crippen molar-refractivity contribution < 1.29 is 8.78 Å². The molecule has 4 heteroatoms. The fourth-order valence-corrected chi connectivity index (χ4v) is 2.39. The Kier molecular flexibility index (Phi) is 3.36. The van der Waals surface area contributed by atoms with Gasteiger partial charge in [0, 0.05) is 16.1 Å². The van der Waals surface area contributed by atoms with Crippen LogP contribution in [0, 0.1) is 11.6 Å². The van der Waals surface area contributed by atoms with Crippen LogP contribution in [0.5, 0.6) is 0 Å². The zero-order chi connectivity index (χ0) is 10.8. The Morgan fingerprint density at radius 2 is 1.87 bits per heavy atom. The van der Waals surface area contributed by atoms with Gasteiger partial charge in [0.2, 0.25) is 0 Å². The Bertz CT molecular complexity index is 339. The first-order chi connectivity index (χ1) is 7.18. The van der Waals surface area contributed by atoms with Crippen molar-refractivity contribution in [3.05, 3.63) is 33.8 Å². The van der Waals surface area contributed by atoms with E-state index in [-0.39, 0.29) is 11.6 Å². The van der Waals surface area contributed by atoms with Crippen molar-refractivity contribution in [2.45, 2.75) is 25.3 Å². The van der Waals surface area contributed by atoms with Crippen LogP contribution in [-0.4, -0.2) is 6.54 Å². The molecule has 0 amide bonds. The van der Waals surface area contributed by atoms with Gasteiger partial charge < -0.3 is 5.32 Å². The number of nitrogens with one attached hydrogen (secondary N) is 1. The topological polar surface area (TPSA) is 12.0 Å². The minimum atomic E-state index is -0.471. The summed E-state index contributed by atoms with van der Waals surface area (Å²) in [7, 11) is 0. The van der Waals surface area contributed by atoms with Crippen LogP contribution in [-0.2, 0) is 0 Å². The summed E-state index contributed by atoms with van der Waals surface area (Å²) >= 11 is 3.07. The average Bonchev–Trinajstić information content (AvgIpc) is 2.17. The zero-order valence-electron chi connectivity index (χ0n) is 8.19. The molecular weight excluding hydrogens is 264 g/mol. The molecular formula is C11H12BrF2N. The quantitative estimate of drug-likeness (QED) is 0.827. The standard InChI is InChI=1S/C11H12BrF2N/c12-7-5-8(13)11(9(14)6-7)10-3-1-2-4-15-10/h5-6,10,15H,1-4H2. The summed E-state index contributed by atoms with van der Waals surface area (Å²) in [4.78, 5) is 0. The minimum Gasteiger partial charge on any atom is -0.310 e. The smallest absolute Gasteiger partial charge is 0.132 e. The maximum absolute atomic E-state index is 13.6. The number of rotatable bonds is 1. The highest BCUT2D eigenvalue weighted by Crippen LogP contribution is 2.29. The predicted molar refractivity (Wildman–Crippen MR) is 58.7 cm³/mol. The van der Waals surface area contributed by atoms with Crippen molar-refractivity contribution in [1.29, 1.82) is 0 Å². The molecule has 1 heterocycles. The van der Waals surface area contributed by atoms with Crippen molar-refractivity contribution in [2.24, 2.45) is 0 Å². The van der Waals surface area contributed by atoms with Crippen LogP contribution in [0.3, 0.4) is 0 Å². The maximum atomic E-state index is 13.6. The van der Waals surface area contributed by atoms with Gasteiger partial charge in [0.1, 0.15) is 11.6 Å². The van der Waals surface area contributed by atoms with Gasteiger partial charge >= 0.3 is 0 Å². The fraction of sp³-hybridized carbons (Fsp3) is 0.455. The molecule has 0 aromatic heterocycles. The Balaban J connectivity index is 2.33. The zero-order valence-corrected chi connectivity index (χ0v) is 9.78. The Morgan fingerprint density at radius 3 is 2.40 bits per heavy atom. The van der Waals surface area contributed by atoms with E-state index in [1.807, 2.05) is 0 Å². The molecule has 1 aromatic rings. The first kappa shape index (κ1) is 11.0. The molecule has 1 aliphatic rings. The lowest BCUT2D eigenvalue weighted by Gasteiger charge is -2.24. The third-order valence-electron chi connectivity index (χ3n) is 2.70. The van der Waals surface area contributed by atoms with Gasteiger partial charge in [-0.05, 0) is 31.5 Å². The van der Waals surface area contributed by atoms with E-state index in [0.29, 0.717) is 4.47 Å². The first-order valence-corrected chi connectivity index (χ1v) is 5.85. The van der Waals surface area contributed by atoms with E-state index in [4.69, 9.17) is 0 Å². The van der Waals surface area contributed by atoms with E-state index in [0.717, 1.165) is 25.8 Å². The molecule has 2 rings (SSSR count). The third kappa shape index (κ3) is 2.37. The normalized spacial score (nSPS) is 21.7. The van der Waals surface area contributed by atoms with Gasteiger partial charge in [0.05, 0.1) is 0 Å². The number of halogens is 3. The molecule has 0 spiro atoms. The maximum Gasteiger partial charge on any atom is 0.132 e. The van der Waals surface area contributed by atoms with Gasteiger partial charge in [0.25, 0.3) is 0 Å². The van der Waals surface area contributed by atoms with Gasteiger partial charge in [-0.3, -0.25) is 0 Å².